The number of likely N-dealkylation sites (tertiary alicyclic amines) is 1. The molecule has 0 radical (unpaired) electrons. The molecule has 1 saturated heterocycles. The van der Waals surface area contributed by atoms with E-state index >= 15 is 0 Å². The fraction of sp³-hybridized carbons (Fsp3) is 1.00. The number of nitrogens with one attached hydrogen (secondary N) is 1. The summed E-state index contributed by atoms with van der Waals surface area (Å²) in [7, 11) is 0. The van der Waals surface area contributed by atoms with Crippen LogP contribution in [-0.4, -0.2) is 48.8 Å². The number of β-amino-alcohol motifs (C(OH)–C–C–N with tert-alkyl or cyclic N) is 1. The minimum Gasteiger partial charge on any atom is -0.390 e. The Morgan fingerprint density at radius 1 is 1.12 bits per heavy atom. The topological polar surface area (TPSA) is 35.5 Å². The van der Waals surface area contributed by atoms with Gasteiger partial charge in [-0.25, -0.2) is 0 Å². The molecule has 100 valence electrons. The van der Waals surface area contributed by atoms with E-state index in [0.717, 1.165) is 25.6 Å². The largest absolute Gasteiger partial charge is 0.390 e. The lowest BCUT2D eigenvalue weighted by molar-refractivity contribution is 0.123. The number of nitrogens with zero attached hydrogens (tertiary/aromatic N) is 1. The van der Waals surface area contributed by atoms with Crippen LogP contribution in [0, 0.1) is 5.92 Å². The lowest BCUT2D eigenvalue weighted by Gasteiger charge is -2.20. The third-order valence-electron chi connectivity index (χ3n) is 4.25. The average Bonchev–Trinajstić information content (AvgIpc) is 2.96. The maximum absolute atomic E-state index is 9.90. The summed E-state index contributed by atoms with van der Waals surface area (Å²) in [5.41, 5.74) is 0. The minimum absolute atomic E-state index is 0.184. The van der Waals surface area contributed by atoms with E-state index in [-0.39, 0.29) is 6.10 Å². The molecule has 2 rings (SSSR count). The highest BCUT2D eigenvalue weighted by Gasteiger charge is 2.16. The van der Waals surface area contributed by atoms with Gasteiger partial charge in [-0.1, -0.05) is 25.7 Å². The van der Waals surface area contributed by atoms with Crippen molar-refractivity contribution in [1.82, 2.24) is 10.2 Å². The number of hydrogen-bond acceptors (Lipinski definition) is 3. The van der Waals surface area contributed by atoms with Crippen molar-refractivity contribution in [2.24, 2.45) is 5.92 Å². The van der Waals surface area contributed by atoms with Gasteiger partial charge in [0.2, 0.25) is 0 Å². The van der Waals surface area contributed by atoms with Gasteiger partial charge < -0.3 is 15.3 Å². The number of rotatable bonds is 7. The molecule has 0 amide bonds. The van der Waals surface area contributed by atoms with Crippen LogP contribution in [0.5, 0.6) is 0 Å². The fourth-order valence-electron chi connectivity index (χ4n) is 3.20. The monoisotopic (exact) mass is 240 g/mol. The lowest BCUT2D eigenvalue weighted by atomic mass is 10.0. The van der Waals surface area contributed by atoms with Gasteiger partial charge >= 0.3 is 0 Å². The molecular weight excluding hydrogens is 212 g/mol. The predicted octanol–water partition coefficient (Wildman–Crippen LogP) is 1.61. The standard InChI is InChI=1S/C14H28N2O/c17-14(12-16-9-3-4-10-16)11-15-8-7-13-5-1-2-6-13/h13-15,17H,1-12H2. The van der Waals surface area contributed by atoms with Crippen LogP contribution in [0.1, 0.15) is 44.9 Å². The van der Waals surface area contributed by atoms with E-state index in [1.54, 1.807) is 0 Å². The Labute approximate surface area is 106 Å². The average molecular weight is 240 g/mol. The molecule has 1 aliphatic carbocycles. The fourth-order valence-corrected chi connectivity index (χ4v) is 3.20. The van der Waals surface area contributed by atoms with Crippen molar-refractivity contribution in [2.75, 3.05) is 32.7 Å². The van der Waals surface area contributed by atoms with Crippen LogP contribution >= 0.6 is 0 Å². The Balaban J connectivity index is 1.46. The Morgan fingerprint density at radius 2 is 1.82 bits per heavy atom. The molecule has 1 saturated carbocycles. The quantitative estimate of drug-likeness (QED) is 0.664. The van der Waals surface area contributed by atoms with E-state index in [9.17, 15) is 5.11 Å². The Kier molecular flexibility index (Phi) is 5.75. The van der Waals surface area contributed by atoms with Crippen molar-refractivity contribution in [3.05, 3.63) is 0 Å². The van der Waals surface area contributed by atoms with Gasteiger partial charge in [0.1, 0.15) is 0 Å². The summed E-state index contributed by atoms with van der Waals surface area (Å²) in [4.78, 5) is 2.38. The molecular formula is C14H28N2O. The van der Waals surface area contributed by atoms with Crippen molar-refractivity contribution in [2.45, 2.75) is 51.0 Å². The van der Waals surface area contributed by atoms with E-state index in [4.69, 9.17) is 0 Å². The molecule has 0 bridgehead atoms. The maximum atomic E-state index is 9.90. The third kappa shape index (κ3) is 4.94. The van der Waals surface area contributed by atoms with Gasteiger partial charge in [-0.05, 0) is 44.8 Å². The molecule has 3 nitrogen and oxygen atoms in total. The molecule has 0 aromatic carbocycles. The highest BCUT2D eigenvalue weighted by molar-refractivity contribution is 4.72. The molecule has 1 aliphatic heterocycles. The van der Waals surface area contributed by atoms with E-state index in [1.165, 1.54) is 58.0 Å². The Bertz CT molecular complexity index is 198. The van der Waals surface area contributed by atoms with Crippen LogP contribution in [0.2, 0.25) is 0 Å². The molecule has 1 unspecified atom stereocenters. The number of aliphatic hydroxyl groups is 1. The molecule has 2 fully saturated rings. The molecule has 17 heavy (non-hydrogen) atoms. The second-order valence-corrected chi connectivity index (χ2v) is 5.80. The van der Waals surface area contributed by atoms with Gasteiger partial charge in [0, 0.05) is 13.1 Å². The second kappa shape index (κ2) is 7.34. The summed E-state index contributed by atoms with van der Waals surface area (Å²) in [6, 6.07) is 0. The first-order valence-electron chi connectivity index (χ1n) is 7.46. The third-order valence-corrected chi connectivity index (χ3v) is 4.25. The van der Waals surface area contributed by atoms with Crippen molar-refractivity contribution >= 4 is 0 Å². The second-order valence-electron chi connectivity index (χ2n) is 5.80. The number of hydrogen-bond donors (Lipinski definition) is 2. The van der Waals surface area contributed by atoms with Crippen molar-refractivity contribution in [1.29, 1.82) is 0 Å². The molecule has 0 spiro atoms. The first kappa shape index (κ1) is 13.3. The van der Waals surface area contributed by atoms with E-state index in [2.05, 4.69) is 10.2 Å². The summed E-state index contributed by atoms with van der Waals surface area (Å²) < 4.78 is 0. The van der Waals surface area contributed by atoms with Gasteiger partial charge in [0.25, 0.3) is 0 Å². The molecule has 0 aromatic rings. The molecule has 3 heteroatoms. The Morgan fingerprint density at radius 3 is 2.53 bits per heavy atom. The zero-order valence-electron chi connectivity index (χ0n) is 11.0. The Hall–Kier alpha value is -0.120. The summed E-state index contributed by atoms with van der Waals surface area (Å²) in [5, 5.41) is 13.3. The normalized spacial score (nSPS) is 24.5. The summed E-state index contributed by atoms with van der Waals surface area (Å²) >= 11 is 0. The van der Waals surface area contributed by atoms with Crippen LogP contribution in [0.3, 0.4) is 0 Å². The van der Waals surface area contributed by atoms with Gasteiger partial charge in [-0.3, -0.25) is 0 Å². The van der Waals surface area contributed by atoms with Crippen molar-refractivity contribution in [3.63, 3.8) is 0 Å². The SMILES string of the molecule is OC(CNCCC1CCCC1)CN1CCCC1. The van der Waals surface area contributed by atoms with Gasteiger partial charge in [-0.15, -0.1) is 0 Å². The molecule has 2 N–H and O–H groups in total. The number of aliphatic hydroxyl groups excluding tert-OH is 1. The zero-order valence-corrected chi connectivity index (χ0v) is 11.0. The predicted molar refractivity (Wildman–Crippen MR) is 71.1 cm³/mol. The van der Waals surface area contributed by atoms with E-state index in [1.807, 2.05) is 0 Å². The first-order chi connectivity index (χ1) is 8.34. The highest BCUT2D eigenvalue weighted by Crippen LogP contribution is 2.26. The zero-order chi connectivity index (χ0) is 11.9. The highest BCUT2D eigenvalue weighted by atomic mass is 16.3. The molecule has 1 heterocycles. The van der Waals surface area contributed by atoms with Gasteiger partial charge in [0.15, 0.2) is 0 Å². The minimum atomic E-state index is -0.184. The van der Waals surface area contributed by atoms with Crippen LogP contribution in [0.25, 0.3) is 0 Å². The smallest absolute Gasteiger partial charge is 0.0791 e. The van der Waals surface area contributed by atoms with Crippen molar-refractivity contribution < 1.29 is 5.11 Å². The lowest BCUT2D eigenvalue weighted by Crippen LogP contribution is -2.37. The summed E-state index contributed by atoms with van der Waals surface area (Å²) in [5.74, 6) is 0.957. The summed E-state index contributed by atoms with van der Waals surface area (Å²) in [6.07, 6.45) is 9.46. The van der Waals surface area contributed by atoms with Crippen LogP contribution in [-0.2, 0) is 0 Å². The van der Waals surface area contributed by atoms with Crippen molar-refractivity contribution in [3.8, 4) is 0 Å². The molecule has 1 atom stereocenters. The van der Waals surface area contributed by atoms with E-state index < -0.39 is 0 Å². The first-order valence-corrected chi connectivity index (χ1v) is 7.46. The molecule has 0 aromatic heterocycles. The van der Waals surface area contributed by atoms with Gasteiger partial charge in [-0.2, -0.15) is 0 Å². The van der Waals surface area contributed by atoms with Crippen LogP contribution < -0.4 is 5.32 Å². The van der Waals surface area contributed by atoms with Crippen LogP contribution in [0.4, 0.5) is 0 Å². The van der Waals surface area contributed by atoms with Gasteiger partial charge in [0.05, 0.1) is 6.10 Å². The van der Waals surface area contributed by atoms with Crippen LogP contribution in [0.15, 0.2) is 0 Å². The van der Waals surface area contributed by atoms with E-state index in [0.29, 0.717) is 0 Å². The summed E-state index contributed by atoms with van der Waals surface area (Å²) in [6.45, 7) is 5.07. The molecule has 2 aliphatic rings. The maximum Gasteiger partial charge on any atom is 0.0791 e.